The van der Waals surface area contributed by atoms with Crippen LogP contribution >= 0.6 is 12.3 Å². The molecule has 1 aliphatic rings. The van der Waals surface area contributed by atoms with Crippen molar-refractivity contribution in [2.45, 2.75) is 32.2 Å². The fourth-order valence-corrected chi connectivity index (χ4v) is 4.57. The molecule has 8 nitrogen and oxygen atoms in total. The van der Waals surface area contributed by atoms with Crippen molar-refractivity contribution in [1.29, 1.82) is 5.41 Å². The lowest BCUT2D eigenvalue weighted by Crippen LogP contribution is -2.35. The number of ether oxygens (including phenoxy) is 1. The maximum absolute atomic E-state index is 13.6. The van der Waals surface area contributed by atoms with Gasteiger partial charge in [0.25, 0.3) is 5.91 Å². The Labute approximate surface area is 200 Å². The van der Waals surface area contributed by atoms with Crippen LogP contribution in [0.5, 0.6) is 0 Å². The van der Waals surface area contributed by atoms with Crippen LogP contribution in [-0.4, -0.2) is 51.9 Å². The summed E-state index contributed by atoms with van der Waals surface area (Å²) in [5.74, 6) is -0.336. The van der Waals surface area contributed by atoms with Crippen LogP contribution in [0.3, 0.4) is 0 Å². The maximum Gasteiger partial charge on any atom is 0.255 e. The van der Waals surface area contributed by atoms with E-state index in [-0.39, 0.29) is 52.4 Å². The van der Waals surface area contributed by atoms with E-state index in [2.05, 4.69) is 20.6 Å². The molecule has 3 aromatic rings. The van der Waals surface area contributed by atoms with E-state index in [1.807, 2.05) is 6.92 Å². The molecule has 0 radical (unpaired) electrons. The number of nitrogens with one attached hydrogen (secondary N) is 3. The van der Waals surface area contributed by atoms with Crippen LogP contribution in [0.15, 0.2) is 30.6 Å². The third kappa shape index (κ3) is 5.05. The van der Waals surface area contributed by atoms with Gasteiger partial charge in [0.2, 0.25) is 0 Å². The van der Waals surface area contributed by atoms with Gasteiger partial charge in [0, 0.05) is 43.8 Å². The Balaban J connectivity index is 1.62. The molecule has 1 aliphatic heterocycles. The molecule has 180 valence electrons. The van der Waals surface area contributed by atoms with Crippen molar-refractivity contribution in [3.63, 3.8) is 0 Å². The molecular weight excluding hydrogens is 462 g/mol. The quantitative estimate of drug-likeness (QED) is 0.408. The van der Waals surface area contributed by atoms with Gasteiger partial charge in [-0.15, -0.1) is 3.89 Å². The number of benzene rings is 1. The summed E-state index contributed by atoms with van der Waals surface area (Å²) in [7, 11) is 1.63. The first-order valence-electron chi connectivity index (χ1n) is 11.0. The summed E-state index contributed by atoms with van der Waals surface area (Å²) in [6.45, 7) is 3.41. The fraction of sp³-hybridized carbons (Fsp3) is 0.391. The summed E-state index contributed by atoms with van der Waals surface area (Å²) in [6, 6.07) is 3.93. The summed E-state index contributed by atoms with van der Waals surface area (Å²) >= 11 is -0.0829. The van der Waals surface area contributed by atoms with Gasteiger partial charge in [-0.3, -0.25) is 10.2 Å². The van der Waals surface area contributed by atoms with Gasteiger partial charge < -0.3 is 15.4 Å². The zero-order chi connectivity index (χ0) is 24.2. The van der Waals surface area contributed by atoms with Crippen LogP contribution in [0.1, 0.15) is 47.8 Å². The highest BCUT2D eigenvalue weighted by molar-refractivity contribution is 7.92. The highest BCUT2D eigenvalue weighted by Crippen LogP contribution is 2.26. The predicted octanol–water partition coefficient (Wildman–Crippen LogP) is 4.34. The smallest absolute Gasteiger partial charge is 0.255 e. The largest absolute Gasteiger partial charge is 0.387 e. The molecule has 0 spiro atoms. The monoisotopic (exact) mass is 488 g/mol. The Morgan fingerprint density at radius 1 is 1.35 bits per heavy atom. The number of carbonyl (C=O) groups excluding carboxylic acids is 1. The summed E-state index contributed by atoms with van der Waals surface area (Å²) < 4.78 is 33.7. The maximum atomic E-state index is 13.6. The first-order chi connectivity index (χ1) is 16.4. The van der Waals surface area contributed by atoms with Crippen LogP contribution < -0.4 is 10.6 Å². The van der Waals surface area contributed by atoms with E-state index >= 15 is 0 Å². The van der Waals surface area contributed by atoms with Gasteiger partial charge in [0.15, 0.2) is 18.0 Å². The minimum absolute atomic E-state index is 0.00125. The lowest BCUT2D eigenvalue weighted by Gasteiger charge is -2.25. The molecule has 11 heteroatoms. The predicted molar refractivity (Wildman–Crippen MR) is 129 cm³/mol. The Hall–Kier alpha value is -3.05. The van der Waals surface area contributed by atoms with Crippen molar-refractivity contribution in [3.8, 4) is 0 Å². The average Bonchev–Trinajstić information content (AvgIpc) is 3.22. The van der Waals surface area contributed by atoms with Gasteiger partial charge in [0.05, 0.1) is 17.5 Å². The normalized spacial score (nSPS) is 15.3. The van der Waals surface area contributed by atoms with E-state index in [1.54, 1.807) is 7.05 Å². The summed E-state index contributed by atoms with van der Waals surface area (Å²) in [4.78, 5) is 21.8. The van der Waals surface area contributed by atoms with E-state index in [0.717, 1.165) is 36.4 Å². The van der Waals surface area contributed by atoms with E-state index in [0.29, 0.717) is 17.2 Å². The Morgan fingerprint density at radius 3 is 2.82 bits per heavy atom. The van der Waals surface area contributed by atoms with Gasteiger partial charge in [-0.25, -0.2) is 18.3 Å². The number of halogens is 2. The molecule has 34 heavy (non-hydrogen) atoms. The number of amides is 1. The minimum Gasteiger partial charge on any atom is -0.387 e. The summed E-state index contributed by atoms with van der Waals surface area (Å²) in [5, 5.41) is 14.4. The second-order valence-corrected chi connectivity index (χ2v) is 8.88. The van der Waals surface area contributed by atoms with E-state index in [4.69, 9.17) is 10.1 Å². The van der Waals surface area contributed by atoms with Crippen LogP contribution in [0, 0.1) is 17.1 Å². The molecule has 0 saturated carbocycles. The van der Waals surface area contributed by atoms with Crippen molar-refractivity contribution in [2.24, 2.45) is 5.92 Å². The fourth-order valence-electron chi connectivity index (χ4n) is 4.23. The Bertz CT molecular complexity index is 1210. The zero-order valence-electron chi connectivity index (χ0n) is 18.9. The van der Waals surface area contributed by atoms with Crippen LogP contribution in [0.2, 0.25) is 0 Å². The molecular formula is C23H26F2N6O2S. The number of fused-ring (bicyclic) bond motifs is 1. The highest BCUT2D eigenvalue weighted by atomic mass is 32.2. The van der Waals surface area contributed by atoms with Crippen molar-refractivity contribution in [2.75, 3.05) is 25.6 Å². The van der Waals surface area contributed by atoms with Crippen molar-refractivity contribution in [1.82, 2.24) is 19.3 Å². The molecule has 1 saturated heterocycles. The number of carbonyl (C=O) groups is 1. The van der Waals surface area contributed by atoms with Crippen molar-refractivity contribution in [3.05, 3.63) is 53.2 Å². The van der Waals surface area contributed by atoms with Crippen molar-refractivity contribution >= 4 is 40.8 Å². The molecule has 2 aromatic heterocycles. The standard InChI is InChI=1S/C23H26F2N6O2S/c1-13(9-14-5-7-33-8-6-14)29-23(32)17-12-31(34-25)22-21(17)30-19(11-28-22)20(26)16-4-3-15(24)10-18(16)27-2/h3-4,10-14,26-27H,5-9H2,1-2H3,(H,29,32)/t13-/m1/s1. The third-order valence-electron chi connectivity index (χ3n) is 5.96. The number of nitrogens with zero attached hydrogens (tertiary/aromatic N) is 3. The molecule has 0 aliphatic carbocycles. The molecule has 1 fully saturated rings. The SMILES string of the molecule is CNc1cc(F)ccc1C(=N)c1cnc2c(n1)c(C(=O)N[C@H](C)CC1CCOCC1)cn2SF. The van der Waals surface area contributed by atoms with Gasteiger partial charge in [-0.1, -0.05) is 0 Å². The first kappa shape index (κ1) is 24.1. The van der Waals surface area contributed by atoms with Gasteiger partial charge in [-0.2, -0.15) is 0 Å². The molecule has 4 rings (SSSR count). The summed E-state index contributed by atoms with van der Waals surface area (Å²) in [5.41, 5.74) is 1.57. The third-order valence-corrected chi connectivity index (χ3v) is 6.39. The van der Waals surface area contributed by atoms with Gasteiger partial charge >= 0.3 is 0 Å². The topological polar surface area (TPSA) is 105 Å². The average molecular weight is 489 g/mol. The molecule has 1 atom stereocenters. The molecule has 3 N–H and O–H groups in total. The molecule has 0 bridgehead atoms. The Kier molecular flexibility index (Phi) is 7.42. The second kappa shape index (κ2) is 10.5. The number of aromatic nitrogens is 3. The highest BCUT2D eigenvalue weighted by Gasteiger charge is 2.23. The number of hydrogen-bond donors (Lipinski definition) is 3. The van der Waals surface area contributed by atoms with Crippen molar-refractivity contribution < 1.29 is 17.8 Å². The van der Waals surface area contributed by atoms with Crippen LogP contribution in [-0.2, 0) is 4.74 Å². The van der Waals surface area contributed by atoms with Crippen LogP contribution in [0.25, 0.3) is 11.2 Å². The minimum atomic E-state index is -0.437. The molecule has 1 amide bonds. The van der Waals surface area contributed by atoms with Gasteiger partial charge in [0.1, 0.15) is 17.0 Å². The van der Waals surface area contributed by atoms with Crippen LogP contribution in [0.4, 0.5) is 14.0 Å². The van der Waals surface area contributed by atoms with E-state index in [1.165, 1.54) is 30.6 Å². The second-order valence-electron chi connectivity index (χ2n) is 8.35. The van der Waals surface area contributed by atoms with Gasteiger partial charge in [-0.05, 0) is 50.3 Å². The zero-order valence-corrected chi connectivity index (χ0v) is 19.7. The number of hydrogen-bond acceptors (Lipinski definition) is 7. The van der Waals surface area contributed by atoms with E-state index < -0.39 is 5.82 Å². The molecule has 0 unspecified atom stereocenters. The lowest BCUT2D eigenvalue weighted by molar-refractivity contribution is 0.0605. The first-order valence-corrected chi connectivity index (χ1v) is 11.7. The number of rotatable bonds is 8. The molecule has 3 heterocycles. The summed E-state index contributed by atoms with van der Waals surface area (Å²) in [6.07, 6.45) is 5.45. The van der Waals surface area contributed by atoms with E-state index in [9.17, 15) is 13.1 Å². The number of anilines is 1. The Morgan fingerprint density at radius 2 is 2.12 bits per heavy atom. The lowest BCUT2D eigenvalue weighted by atomic mass is 9.93. The molecule has 1 aromatic carbocycles.